The minimum Gasteiger partial charge on any atom is -0.480 e. The lowest BCUT2D eigenvalue weighted by Crippen LogP contribution is -2.34. The number of benzene rings is 1. The molecule has 1 saturated heterocycles. The lowest BCUT2D eigenvalue weighted by atomic mass is 10.2. The van der Waals surface area contributed by atoms with Gasteiger partial charge in [-0.3, -0.25) is 14.6 Å². The molecule has 0 unspecified atom stereocenters. The number of aliphatic carboxylic acids is 1. The summed E-state index contributed by atoms with van der Waals surface area (Å²) in [6, 6.07) is 7.90. The Kier molecular flexibility index (Phi) is 5.19. The topological polar surface area (TPSA) is 43.8 Å². The van der Waals surface area contributed by atoms with Crippen LogP contribution in [0.4, 0.5) is 0 Å². The molecule has 1 heterocycles. The predicted molar refractivity (Wildman–Crippen MR) is 75.4 cm³/mol. The molecule has 2 rings (SSSR count). The van der Waals surface area contributed by atoms with E-state index in [1.54, 1.807) is 0 Å². The SMILES string of the molecule is O=C(O)CN1CCCN(Cc2cccc(Cl)c2)CC1. The number of carboxylic acid groups (broad SMARTS) is 1. The summed E-state index contributed by atoms with van der Waals surface area (Å²) in [5.41, 5.74) is 1.21. The molecule has 0 bridgehead atoms. The third-order valence-electron chi connectivity index (χ3n) is 3.34. The number of halogens is 1. The molecule has 0 aromatic heterocycles. The summed E-state index contributed by atoms with van der Waals surface area (Å²) in [6.07, 6.45) is 1.01. The number of hydrogen-bond donors (Lipinski definition) is 1. The van der Waals surface area contributed by atoms with Gasteiger partial charge in [-0.25, -0.2) is 0 Å². The van der Waals surface area contributed by atoms with Crippen molar-refractivity contribution < 1.29 is 9.90 Å². The lowest BCUT2D eigenvalue weighted by Gasteiger charge is -2.20. The van der Waals surface area contributed by atoms with Gasteiger partial charge in [0, 0.05) is 31.2 Å². The van der Waals surface area contributed by atoms with Crippen molar-refractivity contribution in [1.82, 2.24) is 9.80 Å². The second-order valence-electron chi connectivity index (χ2n) is 4.93. The van der Waals surface area contributed by atoms with Crippen molar-refractivity contribution in [2.24, 2.45) is 0 Å². The molecule has 0 radical (unpaired) electrons. The van der Waals surface area contributed by atoms with Crippen molar-refractivity contribution in [2.45, 2.75) is 13.0 Å². The maximum absolute atomic E-state index is 10.7. The van der Waals surface area contributed by atoms with E-state index < -0.39 is 5.97 Å². The van der Waals surface area contributed by atoms with Gasteiger partial charge in [-0.2, -0.15) is 0 Å². The Morgan fingerprint density at radius 2 is 1.95 bits per heavy atom. The highest BCUT2D eigenvalue weighted by Gasteiger charge is 2.16. The highest BCUT2D eigenvalue weighted by molar-refractivity contribution is 6.30. The number of rotatable bonds is 4. The van der Waals surface area contributed by atoms with Gasteiger partial charge in [0.1, 0.15) is 0 Å². The van der Waals surface area contributed by atoms with E-state index >= 15 is 0 Å². The van der Waals surface area contributed by atoms with Crippen LogP contribution in [0, 0.1) is 0 Å². The van der Waals surface area contributed by atoms with E-state index in [4.69, 9.17) is 16.7 Å². The fraction of sp³-hybridized carbons (Fsp3) is 0.500. The largest absolute Gasteiger partial charge is 0.480 e. The van der Waals surface area contributed by atoms with E-state index in [-0.39, 0.29) is 6.54 Å². The second-order valence-corrected chi connectivity index (χ2v) is 5.37. The Morgan fingerprint density at radius 1 is 1.21 bits per heavy atom. The van der Waals surface area contributed by atoms with Crippen LogP contribution in [0.15, 0.2) is 24.3 Å². The fourth-order valence-electron chi connectivity index (χ4n) is 2.43. The standard InChI is InChI=1S/C14H19ClN2O2/c15-13-4-1-3-12(9-13)10-16-5-2-6-17(8-7-16)11-14(18)19/h1,3-4,9H,2,5-8,10-11H2,(H,18,19). The van der Waals surface area contributed by atoms with Crippen LogP contribution >= 0.6 is 11.6 Å². The van der Waals surface area contributed by atoms with Crippen LogP contribution in [0.25, 0.3) is 0 Å². The third kappa shape index (κ3) is 4.82. The van der Waals surface area contributed by atoms with Gasteiger partial charge in [-0.05, 0) is 30.7 Å². The van der Waals surface area contributed by atoms with Crippen LogP contribution in [0.1, 0.15) is 12.0 Å². The normalized spacial score (nSPS) is 18.2. The van der Waals surface area contributed by atoms with Crippen LogP contribution in [-0.2, 0) is 11.3 Å². The van der Waals surface area contributed by atoms with E-state index in [9.17, 15) is 4.79 Å². The van der Waals surface area contributed by atoms with E-state index in [0.717, 1.165) is 44.2 Å². The average Bonchev–Trinajstić information content (AvgIpc) is 2.54. The van der Waals surface area contributed by atoms with Crippen LogP contribution in [0.2, 0.25) is 5.02 Å². The zero-order valence-electron chi connectivity index (χ0n) is 10.9. The summed E-state index contributed by atoms with van der Waals surface area (Å²) in [6.45, 7) is 4.60. The molecule has 0 amide bonds. The van der Waals surface area contributed by atoms with Crippen LogP contribution in [0.3, 0.4) is 0 Å². The van der Waals surface area contributed by atoms with Gasteiger partial charge in [0.25, 0.3) is 0 Å². The Hall–Kier alpha value is -1.10. The molecule has 4 nitrogen and oxygen atoms in total. The van der Waals surface area contributed by atoms with Crippen LogP contribution < -0.4 is 0 Å². The first kappa shape index (κ1) is 14.3. The van der Waals surface area contributed by atoms with Crippen LogP contribution in [0.5, 0.6) is 0 Å². The fourth-order valence-corrected chi connectivity index (χ4v) is 2.64. The van der Waals surface area contributed by atoms with Crippen molar-refractivity contribution in [3.63, 3.8) is 0 Å². The summed E-state index contributed by atoms with van der Waals surface area (Å²) in [4.78, 5) is 15.1. The van der Waals surface area contributed by atoms with E-state index in [2.05, 4.69) is 11.0 Å². The molecule has 0 aliphatic carbocycles. The molecule has 0 spiro atoms. The van der Waals surface area contributed by atoms with Gasteiger partial charge in [0.2, 0.25) is 0 Å². The van der Waals surface area contributed by atoms with Crippen molar-refractivity contribution in [3.05, 3.63) is 34.9 Å². The quantitative estimate of drug-likeness (QED) is 0.916. The highest BCUT2D eigenvalue weighted by atomic mass is 35.5. The van der Waals surface area contributed by atoms with Crippen molar-refractivity contribution in [1.29, 1.82) is 0 Å². The summed E-state index contributed by atoms with van der Waals surface area (Å²) < 4.78 is 0. The van der Waals surface area contributed by atoms with Gasteiger partial charge in [-0.15, -0.1) is 0 Å². The molecule has 0 saturated carbocycles. The third-order valence-corrected chi connectivity index (χ3v) is 3.57. The molecule has 1 fully saturated rings. The van der Waals surface area contributed by atoms with Crippen molar-refractivity contribution in [3.8, 4) is 0 Å². The number of nitrogens with zero attached hydrogens (tertiary/aromatic N) is 2. The zero-order valence-corrected chi connectivity index (χ0v) is 11.6. The molecule has 19 heavy (non-hydrogen) atoms. The smallest absolute Gasteiger partial charge is 0.317 e. The first-order valence-corrected chi connectivity index (χ1v) is 6.92. The van der Waals surface area contributed by atoms with Gasteiger partial charge < -0.3 is 5.11 Å². The summed E-state index contributed by atoms with van der Waals surface area (Å²) in [7, 11) is 0. The first-order valence-electron chi connectivity index (χ1n) is 6.54. The molecule has 0 atom stereocenters. The van der Waals surface area contributed by atoms with E-state index in [0.29, 0.717) is 0 Å². The average molecular weight is 283 g/mol. The summed E-state index contributed by atoms with van der Waals surface area (Å²) in [5.74, 6) is -0.747. The molecule has 1 N–H and O–H groups in total. The Labute approximate surface area is 118 Å². The maximum atomic E-state index is 10.7. The molecule has 104 valence electrons. The Bertz CT molecular complexity index is 439. The molecular formula is C14H19ClN2O2. The van der Waals surface area contributed by atoms with Gasteiger partial charge in [-0.1, -0.05) is 23.7 Å². The molecule has 5 heteroatoms. The summed E-state index contributed by atoms with van der Waals surface area (Å²) in [5, 5.41) is 9.58. The first-order chi connectivity index (χ1) is 9.13. The molecule has 1 aromatic rings. The van der Waals surface area contributed by atoms with E-state index in [1.807, 2.05) is 23.1 Å². The Balaban J connectivity index is 1.87. The summed E-state index contributed by atoms with van der Waals surface area (Å²) >= 11 is 5.98. The zero-order chi connectivity index (χ0) is 13.7. The van der Waals surface area contributed by atoms with Crippen molar-refractivity contribution in [2.75, 3.05) is 32.7 Å². The van der Waals surface area contributed by atoms with Gasteiger partial charge in [0.05, 0.1) is 6.54 Å². The van der Waals surface area contributed by atoms with Crippen molar-refractivity contribution >= 4 is 17.6 Å². The molecule has 1 aliphatic rings. The molecular weight excluding hydrogens is 264 g/mol. The maximum Gasteiger partial charge on any atom is 0.317 e. The predicted octanol–water partition coefficient (Wildman–Crippen LogP) is 1.93. The van der Waals surface area contributed by atoms with Crippen LogP contribution in [-0.4, -0.2) is 53.6 Å². The molecule has 1 aromatic carbocycles. The Morgan fingerprint density at radius 3 is 2.68 bits per heavy atom. The van der Waals surface area contributed by atoms with Gasteiger partial charge >= 0.3 is 5.97 Å². The number of carboxylic acids is 1. The minimum absolute atomic E-state index is 0.144. The lowest BCUT2D eigenvalue weighted by molar-refractivity contribution is -0.138. The minimum atomic E-state index is -0.747. The molecule has 1 aliphatic heterocycles. The second kappa shape index (κ2) is 6.89. The monoisotopic (exact) mass is 282 g/mol. The van der Waals surface area contributed by atoms with Gasteiger partial charge in [0.15, 0.2) is 0 Å². The van der Waals surface area contributed by atoms with E-state index in [1.165, 1.54) is 5.56 Å². The highest BCUT2D eigenvalue weighted by Crippen LogP contribution is 2.14. The number of carbonyl (C=O) groups is 1. The number of hydrogen-bond acceptors (Lipinski definition) is 3.